The van der Waals surface area contributed by atoms with Gasteiger partial charge < -0.3 is 19.9 Å². The van der Waals surface area contributed by atoms with Crippen LogP contribution in [-0.4, -0.2) is 38.7 Å². The van der Waals surface area contributed by atoms with Gasteiger partial charge in [-0.2, -0.15) is 0 Å². The molecule has 1 aromatic carbocycles. The Bertz CT molecular complexity index is 845. The summed E-state index contributed by atoms with van der Waals surface area (Å²) < 4.78 is 5.08. The van der Waals surface area contributed by atoms with Gasteiger partial charge in [0.25, 0.3) is 5.56 Å². The predicted molar refractivity (Wildman–Crippen MR) is 93.1 cm³/mol. The van der Waals surface area contributed by atoms with Crippen molar-refractivity contribution in [2.75, 3.05) is 13.7 Å². The Hall–Kier alpha value is -2.54. The van der Waals surface area contributed by atoms with Gasteiger partial charge in [-0.25, -0.2) is 4.98 Å². The minimum Gasteiger partial charge on any atom is -0.504 e. The van der Waals surface area contributed by atoms with E-state index in [1.165, 1.54) is 13.2 Å². The Balaban J connectivity index is 1.84. The number of nitrogens with one attached hydrogen (secondary N) is 1. The average molecular weight is 345 g/mol. The third kappa shape index (κ3) is 3.46. The number of aromatic hydroxyl groups is 2. The molecule has 25 heavy (non-hydrogen) atoms. The van der Waals surface area contributed by atoms with E-state index in [4.69, 9.17) is 4.74 Å². The van der Waals surface area contributed by atoms with Gasteiger partial charge in [0.05, 0.1) is 12.8 Å². The summed E-state index contributed by atoms with van der Waals surface area (Å²) in [6, 6.07) is 3.23. The fraction of sp³-hybridized carbons (Fsp3) is 0.444. The monoisotopic (exact) mass is 345 g/mol. The molecule has 0 aliphatic carbocycles. The lowest BCUT2D eigenvalue weighted by Crippen LogP contribution is -2.35. The van der Waals surface area contributed by atoms with Gasteiger partial charge in [0.1, 0.15) is 5.82 Å². The first-order valence-electron chi connectivity index (χ1n) is 8.32. The van der Waals surface area contributed by atoms with E-state index in [0.717, 1.165) is 23.4 Å². The zero-order valence-electron chi connectivity index (χ0n) is 14.7. The quantitative estimate of drug-likeness (QED) is 0.732. The summed E-state index contributed by atoms with van der Waals surface area (Å²) in [6.07, 6.45) is 0.636. The van der Waals surface area contributed by atoms with E-state index >= 15 is 0 Å². The van der Waals surface area contributed by atoms with Crippen LogP contribution in [0.3, 0.4) is 0 Å². The maximum absolute atomic E-state index is 12.2. The number of phenolic OH excluding ortho intramolecular Hbond substituents is 2. The number of hydrogen-bond donors (Lipinski definition) is 3. The summed E-state index contributed by atoms with van der Waals surface area (Å²) in [4.78, 5) is 21.9. The van der Waals surface area contributed by atoms with Crippen molar-refractivity contribution in [3.63, 3.8) is 0 Å². The van der Waals surface area contributed by atoms with Gasteiger partial charge in [-0.3, -0.25) is 9.69 Å². The second-order valence-corrected chi connectivity index (χ2v) is 6.66. The second kappa shape index (κ2) is 6.76. The first-order chi connectivity index (χ1) is 11.9. The third-order valence-electron chi connectivity index (χ3n) is 4.46. The zero-order chi connectivity index (χ0) is 18.1. The lowest BCUT2D eigenvalue weighted by atomic mass is 10.0. The normalized spacial score (nSPS) is 14.6. The van der Waals surface area contributed by atoms with Crippen LogP contribution in [0, 0.1) is 0 Å². The van der Waals surface area contributed by atoms with Crippen LogP contribution in [0.15, 0.2) is 16.9 Å². The molecule has 3 N–H and O–H groups in total. The number of rotatable bonds is 4. The largest absolute Gasteiger partial charge is 0.504 e. The molecule has 7 heteroatoms. The van der Waals surface area contributed by atoms with Crippen LogP contribution in [0.1, 0.15) is 42.4 Å². The molecule has 134 valence electrons. The molecule has 2 aromatic rings. The van der Waals surface area contributed by atoms with Crippen LogP contribution in [-0.2, 0) is 19.5 Å². The van der Waals surface area contributed by atoms with Gasteiger partial charge >= 0.3 is 0 Å². The minimum atomic E-state index is -0.259. The highest BCUT2D eigenvalue weighted by molar-refractivity contribution is 5.51. The molecule has 0 spiro atoms. The fourth-order valence-corrected chi connectivity index (χ4v) is 3.08. The van der Waals surface area contributed by atoms with Crippen molar-refractivity contribution in [3.05, 3.63) is 45.1 Å². The summed E-state index contributed by atoms with van der Waals surface area (Å²) in [5.74, 6) is 0.638. The van der Waals surface area contributed by atoms with Gasteiger partial charge in [-0.1, -0.05) is 13.8 Å². The first-order valence-corrected chi connectivity index (χ1v) is 8.32. The number of aromatic nitrogens is 2. The molecule has 0 amide bonds. The first kappa shape index (κ1) is 17.3. The van der Waals surface area contributed by atoms with Gasteiger partial charge in [0.2, 0.25) is 5.75 Å². The molecule has 1 aromatic heterocycles. The topological polar surface area (TPSA) is 98.7 Å². The number of nitrogens with zero attached hydrogens (tertiary/aromatic N) is 2. The molecule has 3 rings (SSSR count). The Morgan fingerprint density at radius 3 is 2.80 bits per heavy atom. The SMILES string of the molecule is COc1cc(CN2CCc3c(nc(C(C)C)[nH]c3=O)C2)cc(O)c1O. The third-order valence-corrected chi connectivity index (χ3v) is 4.46. The van der Waals surface area contributed by atoms with Crippen molar-refractivity contribution in [2.24, 2.45) is 0 Å². The molecule has 0 radical (unpaired) electrons. The minimum absolute atomic E-state index is 0.0442. The highest BCUT2D eigenvalue weighted by Gasteiger charge is 2.22. The van der Waals surface area contributed by atoms with Crippen molar-refractivity contribution in [1.82, 2.24) is 14.9 Å². The highest BCUT2D eigenvalue weighted by atomic mass is 16.5. The summed E-state index contributed by atoms with van der Waals surface area (Å²) in [6.45, 7) is 5.86. The molecular formula is C18H23N3O4. The summed E-state index contributed by atoms with van der Waals surface area (Å²) >= 11 is 0. The maximum Gasteiger partial charge on any atom is 0.254 e. The Morgan fingerprint density at radius 2 is 2.12 bits per heavy atom. The second-order valence-electron chi connectivity index (χ2n) is 6.66. The standard InChI is InChI=1S/C18H23N3O4/c1-10(2)17-19-13-9-21(5-4-12(13)18(24)20-17)8-11-6-14(22)16(23)15(7-11)25-3/h6-7,10,22-23H,4-5,8-9H2,1-3H3,(H,19,20,24). The smallest absolute Gasteiger partial charge is 0.254 e. The Kier molecular flexibility index (Phi) is 4.67. The van der Waals surface area contributed by atoms with Crippen molar-refractivity contribution in [1.29, 1.82) is 0 Å². The molecule has 1 aliphatic rings. The zero-order valence-corrected chi connectivity index (χ0v) is 14.7. The van der Waals surface area contributed by atoms with Crippen LogP contribution in [0.4, 0.5) is 0 Å². The molecule has 2 heterocycles. The van der Waals surface area contributed by atoms with Crippen molar-refractivity contribution in [2.45, 2.75) is 39.3 Å². The Labute approximate surface area is 145 Å². The molecule has 0 atom stereocenters. The van der Waals surface area contributed by atoms with E-state index in [-0.39, 0.29) is 28.7 Å². The summed E-state index contributed by atoms with van der Waals surface area (Å²) in [5, 5.41) is 19.6. The van der Waals surface area contributed by atoms with E-state index < -0.39 is 0 Å². The maximum atomic E-state index is 12.2. The number of methoxy groups -OCH3 is 1. The molecular weight excluding hydrogens is 322 g/mol. The Morgan fingerprint density at radius 1 is 1.36 bits per heavy atom. The van der Waals surface area contributed by atoms with Crippen LogP contribution >= 0.6 is 0 Å². The van der Waals surface area contributed by atoms with E-state index in [9.17, 15) is 15.0 Å². The number of aromatic amines is 1. The fourth-order valence-electron chi connectivity index (χ4n) is 3.08. The van der Waals surface area contributed by atoms with Crippen molar-refractivity contribution in [3.8, 4) is 17.2 Å². The number of hydrogen-bond acceptors (Lipinski definition) is 6. The van der Waals surface area contributed by atoms with E-state index in [2.05, 4.69) is 14.9 Å². The predicted octanol–water partition coefficient (Wildman–Crippen LogP) is 1.87. The number of ether oxygens (including phenoxy) is 1. The summed E-state index contributed by atoms with van der Waals surface area (Å²) in [5.41, 5.74) is 2.35. The van der Waals surface area contributed by atoms with Gasteiger partial charge in [0, 0.05) is 31.1 Å². The number of H-pyrrole nitrogens is 1. The average Bonchev–Trinajstić information content (AvgIpc) is 2.57. The number of fused-ring (bicyclic) bond motifs is 1. The molecule has 7 nitrogen and oxygen atoms in total. The summed E-state index contributed by atoms with van der Waals surface area (Å²) in [7, 11) is 1.44. The van der Waals surface area contributed by atoms with Crippen LogP contribution in [0.2, 0.25) is 0 Å². The molecule has 0 unspecified atom stereocenters. The molecule has 1 aliphatic heterocycles. The van der Waals surface area contributed by atoms with E-state index in [1.807, 2.05) is 13.8 Å². The highest BCUT2D eigenvalue weighted by Crippen LogP contribution is 2.36. The van der Waals surface area contributed by atoms with Gasteiger partial charge in [0.15, 0.2) is 11.5 Å². The van der Waals surface area contributed by atoms with Gasteiger partial charge in [-0.15, -0.1) is 0 Å². The molecule has 0 saturated heterocycles. The molecule has 0 bridgehead atoms. The molecule has 0 fully saturated rings. The lowest BCUT2D eigenvalue weighted by Gasteiger charge is -2.28. The number of benzene rings is 1. The van der Waals surface area contributed by atoms with Crippen LogP contribution in [0.25, 0.3) is 0 Å². The van der Waals surface area contributed by atoms with Crippen molar-refractivity contribution >= 4 is 0 Å². The van der Waals surface area contributed by atoms with Crippen molar-refractivity contribution < 1.29 is 14.9 Å². The van der Waals surface area contributed by atoms with E-state index in [1.54, 1.807) is 6.07 Å². The molecule has 0 saturated carbocycles. The van der Waals surface area contributed by atoms with Gasteiger partial charge in [-0.05, 0) is 24.1 Å². The lowest BCUT2D eigenvalue weighted by molar-refractivity contribution is 0.239. The number of phenols is 2. The van der Waals surface area contributed by atoms with Crippen LogP contribution in [0.5, 0.6) is 17.2 Å². The van der Waals surface area contributed by atoms with E-state index in [0.29, 0.717) is 25.3 Å². The van der Waals surface area contributed by atoms with Crippen LogP contribution < -0.4 is 10.3 Å².